The zero-order valence-electron chi connectivity index (χ0n) is 11.9. The van der Waals surface area contributed by atoms with E-state index in [4.69, 9.17) is 0 Å². The number of hydrogen-bond donors (Lipinski definition) is 1. The molecule has 1 aliphatic rings. The van der Waals surface area contributed by atoms with Crippen LogP contribution in [-0.2, 0) is 0 Å². The lowest BCUT2D eigenvalue weighted by atomic mass is 10.0. The maximum atomic E-state index is 14.1. The van der Waals surface area contributed by atoms with Crippen LogP contribution in [0.15, 0.2) is 42.9 Å². The summed E-state index contributed by atoms with van der Waals surface area (Å²) in [5.41, 5.74) is 0.751. The predicted molar refractivity (Wildman–Crippen MR) is 80.5 cm³/mol. The van der Waals surface area contributed by atoms with E-state index in [9.17, 15) is 4.39 Å². The lowest BCUT2D eigenvalue weighted by Gasteiger charge is -2.28. The van der Waals surface area contributed by atoms with Crippen molar-refractivity contribution in [1.82, 2.24) is 14.9 Å². The van der Waals surface area contributed by atoms with E-state index in [1.54, 1.807) is 12.3 Å². The number of anilines is 1. The van der Waals surface area contributed by atoms with Gasteiger partial charge in [-0.3, -0.25) is 4.90 Å². The highest BCUT2D eigenvalue weighted by atomic mass is 19.1. The molecule has 1 saturated heterocycles. The average molecular weight is 286 g/mol. The minimum atomic E-state index is -0.140. The molecule has 110 valence electrons. The van der Waals surface area contributed by atoms with Crippen LogP contribution >= 0.6 is 0 Å². The van der Waals surface area contributed by atoms with Crippen LogP contribution in [0.3, 0.4) is 0 Å². The van der Waals surface area contributed by atoms with Gasteiger partial charge in [0.2, 0.25) is 0 Å². The van der Waals surface area contributed by atoms with Crippen LogP contribution in [0.2, 0.25) is 0 Å². The Morgan fingerprint density at radius 3 is 2.71 bits per heavy atom. The third-order valence-electron chi connectivity index (χ3n) is 3.90. The molecule has 0 bridgehead atoms. The first-order chi connectivity index (χ1) is 10.3. The molecule has 1 N–H and O–H groups in total. The van der Waals surface area contributed by atoms with E-state index in [1.807, 2.05) is 18.2 Å². The zero-order chi connectivity index (χ0) is 14.5. The fourth-order valence-corrected chi connectivity index (χ4v) is 2.83. The van der Waals surface area contributed by atoms with Gasteiger partial charge in [-0.25, -0.2) is 14.4 Å². The SMILES string of the molecule is Fc1ccccc1[C@H](CNc1ccncn1)N1CCCC1. The van der Waals surface area contributed by atoms with Crippen LogP contribution in [0, 0.1) is 5.82 Å². The summed E-state index contributed by atoms with van der Waals surface area (Å²) in [6.45, 7) is 2.67. The van der Waals surface area contributed by atoms with E-state index in [2.05, 4.69) is 20.2 Å². The van der Waals surface area contributed by atoms with E-state index < -0.39 is 0 Å². The molecule has 3 rings (SSSR count). The number of nitrogens with zero attached hydrogens (tertiary/aromatic N) is 3. The van der Waals surface area contributed by atoms with Crippen LogP contribution in [0.25, 0.3) is 0 Å². The van der Waals surface area contributed by atoms with Crippen molar-refractivity contribution >= 4 is 5.82 Å². The van der Waals surface area contributed by atoms with Crippen LogP contribution < -0.4 is 5.32 Å². The number of rotatable bonds is 5. The normalized spacial score (nSPS) is 16.8. The van der Waals surface area contributed by atoms with Gasteiger partial charge in [-0.05, 0) is 38.1 Å². The number of halogens is 1. The van der Waals surface area contributed by atoms with Crippen molar-refractivity contribution < 1.29 is 4.39 Å². The lowest BCUT2D eigenvalue weighted by molar-refractivity contribution is 0.250. The summed E-state index contributed by atoms with van der Waals surface area (Å²) in [5.74, 6) is 0.629. The predicted octanol–water partition coefficient (Wildman–Crippen LogP) is 2.86. The molecule has 4 nitrogen and oxygen atoms in total. The molecule has 1 fully saturated rings. The molecule has 0 radical (unpaired) electrons. The van der Waals surface area contributed by atoms with Crippen molar-refractivity contribution in [2.24, 2.45) is 0 Å². The second-order valence-electron chi connectivity index (χ2n) is 5.26. The lowest BCUT2D eigenvalue weighted by Crippen LogP contribution is -2.31. The van der Waals surface area contributed by atoms with Crippen molar-refractivity contribution in [3.05, 3.63) is 54.2 Å². The van der Waals surface area contributed by atoms with Gasteiger partial charge >= 0.3 is 0 Å². The van der Waals surface area contributed by atoms with Crippen LogP contribution in [0.1, 0.15) is 24.4 Å². The summed E-state index contributed by atoms with van der Waals surface area (Å²) < 4.78 is 14.1. The molecular formula is C16H19FN4. The molecule has 1 aliphatic heterocycles. The molecule has 0 unspecified atom stereocenters. The second kappa shape index (κ2) is 6.63. The number of nitrogens with one attached hydrogen (secondary N) is 1. The highest BCUT2D eigenvalue weighted by molar-refractivity contribution is 5.33. The molecular weight excluding hydrogens is 267 g/mol. The van der Waals surface area contributed by atoms with Gasteiger partial charge in [0.25, 0.3) is 0 Å². The summed E-state index contributed by atoms with van der Waals surface area (Å²) in [5, 5.41) is 3.29. The summed E-state index contributed by atoms with van der Waals surface area (Å²) in [7, 11) is 0. The largest absolute Gasteiger partial charge is 0.368 e. The Morgan fingerprint density at radius 1 is 1.19 bits per heavy atom. The van der Waals surface area contributed by atoms with Crippen molar-refractivity contribution in [2.45, 2.75) is 18.9 Å². The monoisotopic (exact) mass is 286 g/mol. The molecule has 2 heterocycles. The van der Waals surface area contributed by atoms with Gasteiger partial charge in [0, 0.05) is 18.3 Å². The van der Waals surface area contributed by atoms with E-state index in [-0.39, 0.29) is 11.9 Å². The van der Waals surface area contributed by atoms with Gasteiger partial charge in [-0.2, -0.15) is 0 Å². The highest BCUT2D eigenvalue weighted by Gasteiger charge is 2.25. The smallest absolute Gasteiger partial charge is 0.129 e. The molecule has 1 atom stereocenters. The molecule has 5 heteroatoms. The average Bonchev–Trinajstić information content (AvgIpc) is 3.04. The first-order valence-corrected chi connectivity index (χ1v) is 7.33. The summed E-state index contributed by atoms with van der Waals surface area (Å²) >= 11 is 0. The first-order valence-electron chi connectivity index (χ1n) is 7.33. The number of benzene rings is 1. The zero-order valence-corrected chi connectivity index (χ0v) is 11.9. The Kier molecular flexibility index (Phi) is 4.40. The van der Waals surface area contributed by atoms with Crippen molar-refractivity contribution in [3.63, 3.8) is 0 Å². The van der Waals surface area contributed by atoms with Gasteiger partial charge in [0.1, 0.15) is 18.0 Å². The van der Waals surface area contributed by atoms with E-state index in [0.717, 1.165) is 24.5 Å². The van der Waals surface area contributed by atoms with Crippen molar-refractivity contribution in [3.8, 4) is 0 Å². The van der Waals surface area contributed by atoms with Gasteiger partial charge in [-0.1, -0.05) is 18.2 Å². The molecule has 0 saturated carbocycles. The quantitative estimate of drug-likeness (QED) is 0.917. The number of aromatic nitrogens is 2. The van der Waals surface area contributed by atoms with E-state index in [1.165, 1.54) is 25.2 Å². The Balaban J connectivity index is 1.78. The molecule has 1 aromatic heterocycles. The van der Waals surface area contributed by atoms with Crippen LogP contribution in [0.4, 0.5) is 10.2 Å². The fraction of sp³-hybridized carbons (Fsp3) is 0.375. The van der Waals surface area contributed by atoms with Gasteiger partial charge in [0.05, 0.1) is 6.04 Å². The Bertz CT molecular complexity index is 569. The molecule has 21 heavy (non-hydrogen) atoms. The third kappa shape index (κ3) is 3.36. The topological polar surface area (TPSA) is 41.1 Å². The standard InChI is InChI=1S/C16H19FN4/c17-14-6-2-1-5-13(14)15(21-9-3-4-10-21)11-19-16-7-8-18-12-20-16/h1-2,5-8,12,15H,3-4,9-11H2,(H,18,19,20)/t15-/m0/s1. The van der Waals surface area contributed by atoms with E-state index >= 15 is 0 Å². The number of likely N-dealkylation sites (tertiary alicyclic amines) is 1. The molecule has 1 aromatic carbocycles. The van der Waals surface area contributed by atoms with Crippen LogP contribution in [-0.4, -0.2) is 34.5 Å². The van der Waals surface area contributed by atoms with Crippen molar-refractivity contribution in [2.75, 3.05) is 25.0 Å². The van der Waals surface area contributed by atoms with Crippen LogP contribution in [0.5, 0.6) is 0 Å². The van der Waals surface area contributed by atoms with Gasteiger partial charge < -0.3 is 5.32 Å². The molecule has 0 amide bonds. The highest BCUT2D eigenvalue weighted by Crippen LogP contribution is 2.27. The van der Waals surface area contributed by atoms with E-state index in [0.29, 0.717) is 6.54 Å². The minimum absolute atomic E-state index is 0.0312. The number of hydrogen-bond acceptors (Lipinski definition) is 4. The Labute approximate surface area is 124 Å². The van der Waals surface area contributed by atoms with Gasteiger partial charge in [0.15, 0.2) is 0 Å². The second-order valence-corrected chi connectivity index (χ2v) is 5.26. The van der Waals surface area contributed by atoms with Crippen molar-refractivity contribution in [1.29, 1.82) is 0 Å². The first kappa shape index (κ1) is 13.9. The summed E-state index contributed by atoms with van der Waals surface area (Å²) in [6.07, 6.45) is 5.57. The third-order valence-corrected chi connectivity index (χ3v) is 3.90. The Hall–Kier alpha value is -2.01. The molecule has 0 spiro atoms. The van der Waals surface area contributed by atoms with Gasteiger partial charge in [-0.15, -0.1) is 0 Å². The maximum Gasteiger partial charge on any atom is 0.129 e. The minimum Gasteiger partial charge on any atom is -0.368 e. The Morgan fingerprint density at radius 2 is 2.00 bits per heavy atom. The molecule has 2 aromatic rings. The summed E-state index contributed by atoms with van der Waals surface area (Å²) in [6, 6.07) is 8.89. The molecule has 0 aliphatic carbocycles. The fourth-order valence-electron chi connectivity index (χ4n) is 2.83. The maximum absolute atomic E-state index is 14.1. The summed E-state index contributed by atoms with van der Waals surface area (Å²) in [4.78, 5) is 10.4.